The second kappa shape index (κ2) is 9.47. The smallest absolute Gasteiger partial charge is 0.178 e. The largest absolute Gasteiger partial charge is 0.493 e. The fourth-order valence-corrected chi connectivity index (χ4v) is 6.54. The fraction of sp³-hybridized carbons (Fsp3) is 0.269. The van der Waals surface area contributed by atoms with Crippen LogP contribution in [0.1, 0.15) is 37.3 Å². The highest BCUT2D eigenvalue weighted by Gasteiger charge is 2.29. The van der Waals surface area contributed by atoms with Gasteiger partial charge in [-0.25, -0.2) is 13.4 Å². The number of rotatable bonds is 8. The van der Waals surface area contributed by atoms with Gasteiger partial charge in [-0.2, -0.15) is 0 Å². The Kier molecular flexibility index (Phi) is 6.53. The van der Waals surface area contributed by atoms with E-state index >= 15 is 0 Å². The summed E-state index contributed by atoms with van der Waals surface area (Å²) >= 11 is 13.4. The van der Waals surface area contributed by atoms with Crippen LogP contribution in [0.15, 0.2) is 59.5 Å². The molecule has 6 nitrogen and oxygen atoms in total. The van der Waals surface area contributed by atoms with Gasteiger partial charge in [-0.3, -0.25) is 0 Å². The lowest BCUT2D eigenvalue weighted by molar-refractivity contribution is 0.211. The predicted octanol–water partition coefficient (Wildman–Crippen LogP) is 6.20. The molecule has 0 aliphatic heterocycles. The van der Waals surface area contributed by atoms with Gasteiger partial charge in [0.05, 0.1) is 32.8 Å². The molecule has 0 saturated heterocycles. The quantitative estimate of drug-likeness (QED) is 0.283. The zero-order valence-corrected chi connectivity index (χ0v) is 21.3. The second-order valence-corrected chi connectivity index (χ2v) is 11.5. The Balaban J connectivity index is 1.49. The number of aromatic nitrogens is 2. The van der Waals surface area contributed by atoms with E-state index in [4.69, 9.17) is 27.9 Å². The first kappa shape index (κ1) is 24.1. The Morgan fingerprint density at radius 2 is 1.86 bits per heavy atom. The number of halogens is 2. The number of hydrogen-bond acceptors (Lipinski definition) is 5. The fourth-order valence-electron chi connectivity index (χ4n) is 4.14. The number of ether oxygens (including phenoxy) is 1. The molecule has 182 valence electrons. The van der Waals surface area contributed by atoms with E-state index in [0.29, 0.717) is 44.6 Å². The number of nitrogens with zero attached hydrogens (tertiary/aromatic N) is 1. The summed E-state index contributed by atoms with van der Waals surface area (Å²) in [5.41, 5.74) is 2.91. The molecule has 1 aliphatic rings. The molecule has 1 heterocycles. The maximum Gasteiger partial charge on any atom is 0.178 e. The van der Waals surface area contributed by atoms with Gasteiger partial charge < -0.3 is 14.8 Å². The average Bonchev–Trinajstić information content (AvgIpc) is 3.54. The van der Waals surface area contributed by atoms with Crippen LogP contribution in [0, 0.1) is 5.92 Å². The highest BCUT2D eigenvalue weighted by atomic mass is 35.5. The summed E-state index contributed by atoms with van der Waals surface area (Å²) < 4.78 is 30.8. The molecular formula is C26H24Cl2N2O4S. The molecule has 9 heteroatoms. The SMILES string of the molecule is CCOc1ccccc1-c1c(Cl)cc2[nH]c(C(O)c3ccc(S(=O)(=O)CC4CC4)cc3)nc2c1Cl. The Labute approximate surface area is 213 Å². The van der Waals surface area contributed by atoms with E-state index < -0.39 is 15.9 Å². The maximum atomic E-state index is 12.5. The van der Waals surface area contributed by atoms with Gasteiger partial charge in [0.1, 0.15) is 23.2 Å². The summed E-state index contributed by atoms with van der Waals surface area (Å²) in [5, 5.41) is 11.7. The van der Waals surface area contributed by atoms with Crippen LogP contribution in [0.25, 0.3) is 22.2 Å². The maximum absolute atomic E-state index is 12.5. The van der Waals surface area contributed by atoms with Crippen LogP contribution < -0.4 is 4.74 Å². The first-order valence-electron chi connectivity index (χ1n) is 11.4. The summed E-state index contributed by atoms with van der Waals surface area (Å²) in [7, 11) is -3.32. The lowest BCUT2D eigenvalue weighted by Crippen LogP contribution is -2.09. The standard InChI is InChI=1S/C26H24Cl2N2O4S/c1-2-34-21-6-4-3-5-18(21)22-19(27)13-20-24(23(22)28)30-26(29-20)25(31)16-9-11-17(12-10-16)35(32,33)14-15-7-8-15/h3-6,9-13,15,25,31H,2,7-8,14H2,1H3,(H,29,30). The van der Waals surface area contributed by atoms with Crippen molar-refractivity contribution in [2.45, 2.75) is 30.8 Å². The molecule has 0 amide bonds. The van der Waals surface area contributed by atoms with E-state index in [0.717, 1.165) is 18.4 Å². The van der Waals surface area contributed by atoms with Gasteiger partial charge in [-0.05, 0) is 55.5 Å². The Bertz CT molecular complexity index is 1500. The zero-order chi connectivity index (χ0) is 24.7. The molecule has 0 radical (unpaired) electrons. The minimum absolute atomic E-state index is 0.173. The van der Waals surface area contributed by atoms with Crippen molar-refractivity contribution in [3.8, 4) is 16.9 Å². The first-order valence-corrected chi connectivity index (χ1v) is 13.8. The van der Waals surface area contributed by atoms with Gasteiger partial charge in [0, 0.05) is 11.1 Å². The third-order valence-corrected chi connectivity index (χ3v) is 8.68. The van der Waals surface area contributed by atoms with Crippen molar-refractivity contribution >= 4 is 44.1 Å². The second-order valence-electron chi connectivity index (χ2n) is 8.69. The van der Waals surface area contributed by atoms with Gasteiger partial charge in [-0.15, -0.1) is 0 Å². The number of aliphatic hydroxyl groups excluding tert-OH is 1. The molecule has 1 saturated carbocycles. The summed E-state index contributed by atoms with van der Waals surface area (Å²) in [6.07, 6.45) is 0.831. The number of aromatic amines is 1. The Hall–Kier alpha value is -2.58. The third-order valence-electron chi connectivity index (χ3n) is 6.11. The molecule has 35 heavy (non-hydrogen) atoms. The minimum atomic E-state index is -3.32. The molecule has 1 fully saturated rings. The van der Waals surface area contributed by atoms with Gasteiger partial charge in [0.2, 0.25) is 0 Å². The molecule has 1 unspecified atom stereocenters. The lowest BCUT2D eigenvalue weighted by Gasteiger charge is -2.13. The number of hydrogen-bond donors (Lipinski definition) is 2. The van der Waals surface area contributed by atoms with Crippen molar-refractivity contribution in [1.82, 2.24) is 9.97 Å². The van der Waals surface area contributed by atoms with Crippen LogP contribution in [0.2, 0.25) is 10.0 Å². The molecule has 4 aromatic rings. The van der Waals surface area contributed by atoms with Gasteiger partial charge >= 0.3 is 0 Å². The van der Waals surface area contributed by atoms with Crippen LogP contribution in [-0.4, -0.2) is 35.9 Å². The molecule has 1 aromatic heterocycles. The van der Waals surface area contributed by atoms with E-state index in [1.165, 1.54) is 12.1 Å². The highest BCUT2D eigenvalue weighted by molar-refractivity contribution is 7.91. The van der Waals surface area contributed by atoms with Crippen molar-refractivity contribution in [1.29, 1.82) is 0 Å². The monoisotopic (exact) mass is 530 g/mol. The number of fused-ring (bicyclic) bond motifs is 1. The van der Waals surface area contributed by atoms with Crippen molar-refractivity contribution in [2.75, 3.05) is 12.4 Å². The summed E-state index contributed by atoms with van der Waals surface area (Å²) in [5.74, 6) is 1.38. The van der Waals surface area contributed by atoms with Crippen LogP contribution in [0.5, 0.6) is 5.75 Å². The lowest BCUT2D eigenvalue weighted by atomic mass is 10.0. The molecule has 5 rings (SSSR count). The number of nitrogens with one attached hydrogen (secondary N) is 1. The van der Waals surface area contributed by atoms with E-state index in [9.17, 15) is 13.5 Å². The molecule has 3 aromatic carbocycles. The Morgan fingerprint density at radius 1 is 1.14 bits per heavy atom. The van der Waals surface area contributed by atoms with Gasteiger partial charge in [-0.1, -0.05) is 53.5 Å². The molecule has 1 atom stereocenters. The average molecular weight is 531 g/mol. The normalized spacial score (nSPS) is 14.9. The van der Waals surface area contributed by atoms with Crippen LogP contribution in [0.3, 0.4) is 0 Å². The van der Waals surface area contributed by atoms with E-state index in [2.05, 4.69) is 9.97 Å². The van der Waals surface area contributed by atoms with Crippen LogP contribution in [0.4, 0.5) is 0 Å². The first-order chi connectivity index (χ1) is 16.8. The van der Waals surface area contributed by atoms with Gasteiger partial charge in [0.25, 0.3) is 0 Å². The van der Waals surface area contributed by atoms with Crippen molar-refractivity contribution in [2.24, 2.45) is 5.92 Å². The number of benzene rings is 3. The van der Waals surface area contributed by atoms with Crippen molar-refractivity contribution < 1.29 is 18.3 Å². The number of aliphatic hydroxyl groups is 1. The predicted molar refractivity (Wildman–Crippen MR) is 138 cm³/mol. The molecule has 0 spiro atoms. The number of sulfone groups is 1. The van der Waals surface area contributed by atoms with Crippen molar-refractivity contribution in [3.05, 3.63) is 76.0 Å². The minimum Gasteiger partial charge on any atom is -0.493 e. The van der Waals surface area contributed by atoms with Crippen molar-refractivity contribution in [3.63, 3.8) is 0 Å². The van der Waals surface area contributed by atoms with E-state index in [1.54, 1.807) is 18.2 Å². The molecular weight excluding hydrogens is 507 g/mol. The summed E-state index contributed by atoms with van der Waals surface area (Å²) in [4.78, 5) is 7.91. The molecule has 1 aliphatic carbocycles. The van der Waals surface area contributed by atoms with E-state index in [-0.39, 0.29) is 22.4 Å². The third kappa shape index (κ3) is 4.78. The number of imidazole rings is 1. The van der Waals surface area contributed by atoms with E-state index in [1.807, 2.05) is 31.2 Å². The van der Waals surface area contributed by atoms with Crippen LogP contribution >= 0.6 is 23.2 Å². The van der Waals surface area contributed by atoms with Gasteiger partial charge in [0.15, 0.2) is 9.84 Å². The molecule has 2 N–H and O–H groups in total. The number of para-hydroxylation sites is 1. The zero-order valence-electron chi connectivity index (χ0n) is 19.0. The number of H-pyrrole nitrogens is 1. The molecule has 0 bridgehead atoms. The topological polar surface area (TPSA) is 92.3 Å². The highest BCUT2D eigenvalue weighted by Crippen LogP contribution is 2.43. The summed E-state index contributed by atoms with van der Waals surface area (Å²) in [6, 6.07) is 15.5. The van der Waals surface area contributed by atoms with Crippen LogP contribution in [-0.2, 0) is 9.84 Å². The summed E-state index contributed by atoms with van der Waals surface area (Å²) in [6.45, 7) is 2.40. The Morgan fingerprint density at radius 3 is 2.54 bits per heavy atom.